The number of carbonyl (C=O) groups excluding carboxylic acids is 1. The smallest absolute Gasteiger partial charge is 0.192 e. The molecule has 0 aromatic heterocycles. The molecule has 1 aromatic carbocycles. The lowest BCUT2D eigenvalue weighted by molar-refractivity contribution is -0.312. The third-order valence-electron chi connectivity index (χ3n) is 12.0. The number of hydrogen-bond acceptors (Lipinski definition) is 9. The third-order valence-corrected chi connectivity index (χ3v) is 19.9. The molecule has 0 N–H and O–H groups in total. The number of benzene rings is 1. The Hall–Kier alpha value is -0.463. The molecule has 4 rings (SSSR count). The van der Waals surface area contributed by atoms with Crippen molar-refractivity contribution in [2.75, 3.05) is 18.1 Å². The van der Waals surface area contributed by atoms with Crippen LogP contribution in [-0.2, 0) is 28.2 Å². The zero-order valence-corrected chi connectivity index (χ0v) is 38.2. The molecule has 0 bridgehead atoms. The van der Waals surface area contributed by atoms with Gasteiger partial charge in [-0.15, -0.1) is 23.5 Å². The van der Waals surface area contributed by atoms with E-state index < -0.39 is 20.0 Å². The standard InChI is InChI=1S/C42H70O6S3Si/c1-15-50-42(51-16-2)24-34-33(46-37(42)25-43)23-35-41(12,47-34)36(48-52(13,14)40(9,10)11)22-30(45-35)18-17-19-44-39(49)38-31(27(5)6)20-29(26(3)4)21-32(38)28(7)8/h20-21,25-28,30,33-37H,15-19,22-24H2,1-14H3/t30-,33+,34-,35-,36+,37-,41-/m1/s1. The number of carbonyl (C=O) groups is 1. The van der Waals surface area contributed by atoms with E-state index in [4.69, 9.17) is 35.6 Å². The number of thiocarbonyl (C=S) groups is 1. The lowest BCUT2D eigenvalue weighted by atomic mass is 9.77. The van der Waals surface area contributed by atoms with Gasteiger partial charge in [0.15, 0.2) is 19.7 Å². The molecular weight excluding hydrogens is 725 g/mol. The van der Waals surface area contributed by atoms with E-state index in [9.17, 15) is 4.79 Å². The summed E-state index contributed by atoms with van der Waals surface area (Å²) in [4.78, 5) is 12.5. The van der Waals surface area contributed by atoms with Crippen LogP contribution < -0.4 is 0 Å². The Morgan fingerprint density at radius 3 is 2.08 bits per heavy atom. The van der Waals surface area contributed by atoms with Crippen LogP contribution in [-0.4, -0.2) is 84.1 Å². The van der Waals surface area contributed by atoms with Gasteiger partial charge in [0.25, 0.3) is 0 Å². The molecule has 6 nitrogen and oxygen atoms in total. The van der Waals surface area contributed by atoms with Crippen molar-refractivity contribution in [3.05, 3.63) is 34.4 Å². The molecule has 296 valence electrons. The SMILES string of the molecule is CCSC1(SCC)C[C@H]2O[C@@]3(C)[C@@H](O[Si](C)(C)C(C)(C)C)C[C@@H](CCCOC(=S)c4c(C(C)C)cc(C(C)C)cc4C(C)C)O[C@@H]3C[C@@H]2O[C@@H]1C=O. The predicted octanol–water partition coefficient (Wildman–Crippen LogP) is 11.2. The fourth-order valence-electron chi connectivity index (χ4n) is 7.89. The molecule has 0 aliphatic carbocycles. The van der Waals surface area contributed by atoms with Gasteiger partial charge in [-0.05, 0) is 96.1 Å². The van der Waals surface area contributed by atoms with Crippen molar-refractivity contribution in [1.82, 2.24) is 0 Å². The lowest BCUT2D eigenvalue weighted by Gasteiger charge is -2.59. The van der Waals surface area contributed by atoms with Gasteiger partial charge in [-0.1, -0.05) is 88.3 Å². The molecule has 0 saturated carbocycles. The average molecular weight is 795 g/mol. The van der Waals surface area contributed by atoms with Crippen LogP contribution in [0.2, 0.25) is 18.1 Å². The summed E-state index contributed by atoms with van der Waals surface area (Å²) in [6, 6.07) is 4.66. The third kappa shape index (κ3) is 9.55. The molecule has 3 heterocycles. The number of aldehydes is 1. The molecule has 10 heteroatoms. The van der Waals surface area contributed by atoms with Crippen molar-refractivity contribution in [1.29, 1.82) is 0 Å². The minimum absolute atomic E-state index is 0.0104. The number of thioether (sulfide) groups is 2. The Labute approximate surface area is 331 Å². The molecule has 0 amide bonds. The summed E-state index contributed by atoms with van der Waals surface area (Å²) in [6.07, 6.45) is 3.76. The maximum atomic E-state index is 12.5. The van der Waals surface area contributed by atoms with E-state index in [1.165, 1.54) is 16.7 Å². The molecule has 3 aliphatic rings. The van der Waals surface area contributed by atoms with Crippen molar-refractivity contribution < 1.29 is 28.2 Å². The normalized spacial score (nSPS) is 29.2. The summed E-state index contributed by atoms with van der Waals surface area (Å²) in [6.45, 7) is 32.1. The van der Waals surface area contributed by atoms with Crippen LogP contribution in [0.1, 0.15) is 155 Å². The fourth-order valence-corrected chi connectivity index (χ4v) is 12.7. The van der Waals surface area contributed by atoms with E-state index in [0.29, 0.717) is 35.8 Å². The van der Waals surface area contributed by atoms with Gasteiger partial charge in [-0.25, -0.2) is 0 Å². The quantitative estimate of drug-likeness (QED) is 0.0568. The van der Waals surface area contributed by atoms with E-state index in [1.807, 2.05) is 23.5 Å². The first-order valence-electron chi connectivity index (χ1n) is 20.0. The summed E-state index contributed by atoms with van der Waals surface area (Å²) < 4.78 is 34.1. The number of ether oxygens (including phenoxy) is 4. The van der Waals surface area contributed by atoms with Gasteiger partial charge in [0.05, 0.1) is 41.2 Å². The van der Waals surface area contributed by atoms with Crippen molar-refractivity contribution in [2.24, 2.45) is 0 Å². The first-order valence-corrected chi connectivity index (χ1v) is 25.3. The van der Waals surface area contributed by atoms with Gasteiger partial charge in [0, 0.05) is 24.8 Å². The van der Waals surface area contributed by atoms with E-state index >= 15 is 0 Å². The van der Waals surface area contributed by atoms with Gasteiger partial charge in [0.2, 0.25) is 0 Å². The van der Waals surface area contributed by atoms with Crippen molar-refractivity contribution in [3.63, 3.8) is 0 Å². The number of fused-ring (bicyclic) bond motifs is 2. The average Bonchev–Trinajstić information content (AvgIpc) is 3.04. The van der Waals surface area contributed by atoms with Crippen LogP contribution in [0.5, 0.6) is 0 Å². The van der Waals surface area contributed by atoms with Crippen molar-refractivity contribution >= 4 is 55.4 Å². The minimum Gasteiger partial charge on any atom is -0.483 e. The van der Waals surface area contributed by atoms with Crippen LogP contribution >= 0.6 is 35.7 Å². The van der Waals surface area contributed by atoms with E-state index in [1.54, 1.807) is 0 Å². The van der Waals surface area contributed by atoms with Crippen LogP contribution in [0.25, 0.3) is 0 Å². The van der Waals surface area contributed by atoms with Crippen LogP contribution in [0.3, 0.4) is 0 Å². The van der Waals surface area contributed by atoms with Crippen LogP contribution in [0.15, 0.2) is 12.1 Å². The van der Waals surface area contributed by atoms with Crippen LogP contribution in [0.4, 0.5) is 0 Å². The maximum Gasteiger partial charge on any atom is 0.192 e. The van der Waals surface area contributed by atoms with Gasteiger partial charge in [0.1, 0.15) is 11.7 Å². The molecule has 0 radical (unpaired) electrons. The monoisotopic (exact) mass is 794 g/mol. The first-order chi connectivity index (χ1) is 24.2. The summed E-state index contributed by atoms with van der Waals surface area (Å²) in [5, 5.41) is 0.656. The second-order valence-electron chi connectivity index (χ2n) is 17.9. The highest BCUT2D eigenvalue weighted by molar-refractivity contribution is 8.18. The maximum absolute atomic E-state index is 12.5. The first kappa shape index (κ1) is 44.3. The van der Waals surface area contributed by atoms with Crippen molar-refractivity contribution in [2.45, 2.75) is 197 Å². The molecule has 7 atom stereocenters. The van der Waals surface area contributed by atoms with E-state index in [-0.39, 0.29) is 39.6 Å². The second-order valence-corrected chi connectivity index (χ2v) is 26.4. The van der Waals surface area contributed by atoms with Crippen molar-refractivity contribution in [3.8, 4) is 0 Å². The Morgan fingerprint density at radius 1 is 0.981 bits per heavy atom. The molecular formula is C42H70O6S3Si. The van der Waals surface area contributed by atoms with Gasteiger partial charge >= 0.3 is 0 Å². The zero-order chi connectivity index (χ0) is 38.8. The van der Waals surface area contributed by atoms with Gasteiger partial charge < -0.3 is 28.2 Å². The van der Waals surface area contributed by atoms with Crippen LogP contribution in [0, 0.1) is 0 Å². The molecule has 0 unspecified atom stereocenters. The molecule has 52 heavy (non-hydrogen) atoms. The summed E-state index contributed by atoms with van der Waals surface area (Å²) in [7, 11) is -2.15. The summed E-state index contributed by atoms with van der Waals surface area (Å²) >= 11 is 9.66. The molecule has 3 fully saturated rings. The highest BCUT2D eigenvalue weighted by Gasteiger charge is 2.61. The molecule has 3 saturated heterocycles. The Balaban J connectivity index is 1.53. The summed E-state index contributed by atoms with van der Waals surface area (Å²) in [5.41, 5.74) is 4.39. The molecule has 1 aromatic rings. The second kappa shape index (κ2) is 17.8. The Kier molecular flexibility index (Phi) is 15.1. The predicted molar refractivity (Wildman–Crippen MR) is 227 cm³/mol. The van der Waals surface area contributed by atoms with E-state index in [0.717, 1.165) is 49.0 Å². The number of hydrogen-bond donors (Lipinski definition) is 0. The Bertz CT molecular complexity index is 1340. The molecule has 3 aliphatic heterocycles. The highest BCUT2D eigenvalue weighted by Crippen LogP contribution is 2.54. The topological polar surface area (TPSA) is 63.2 Å². The molecule has 0 spiro atoms. The van der Waals surface area contributed by atoms with Gasteiger partial charge in [-0.3, -0.25) is 0 Å². The largest absolute Gasteiger partial charge is 0.483 e. The highest BCUT2D eigenvalue weighted by atomic mass is 32.2. The Morgan fingerprint density at radius 2 is 1.58 bits per heavy atom. The number of rotatable bonds is 15. The van der Waals surface area contributed by atoms with Gasteiger partial charge in [-0.2, -0.15) is 0 Å². The fraction of sp³-hybridized carbons (Fsp3) is 0.810. The zero-order valence-electron chi connectivity index (χ0n) is 34.8. The minimum atomic E-state index is -2.15. The van der Waals surface area contributed by atoms with E-state index in [2.05, 4.69) is 108 Å². The summed E-state index contributed by atoms with van der Waals surface area (Å²) in [5.74, 6) is 2.96. The lowest BCUT2D eigenvalue weighted by Crippen LogP contribution is -2.70.